The van der Waals surface area contributed by atoms with Gasteiger partial charge in [-0.15, -0.1) is 0 Å². The maximum atomic E-state index is 6.21. The maximum absolute atomic E-state index is 6.21. The largest absolute Gasteiger partial charge is 0.383 e. The molecule has 140 valence electrons. The summed E-state index contributed by atoms with van der Waals surface area (Å²) in [5.41, 5.74) is 5.03. The van der Waals surface area contributed by atoms with Gasteiger partial charge in [0.25, 0.3) is 0 Å². The molecule has 1 saturated heterocycles. The zero-order chi connectivity index (χ0) is 17.9. The Balaban J connectivity index is 1.50. The van der Waals surface area contributed by atoms with E-state index in [0.29, 0.717) is 0 Å². The molecule has 2 aliphatic rings. The van der Waals surface area contributed by atoms with Crippen LogP contribution in [0.3, 0.4) is 0 Å². The molecule has 0 amide bonds. The molecule has 1 N–H and O–H groups in total. The lowest BCUT2D eigenvalue weighted by atomic mass is 9.92. The van der Waals surface area contributed by atoms with E-state index >= 15 is 0 Å². The van der Waals surface area contributed by atoms with E-state index in [1.54, 1.807) is 0 Å². The Labute approximate surface area is 161 Å². The molecule has 0 radical (unpaired) electrons. The number of aromatic nitrogens is 1. The van der Waals surface area contributed by atoms with Crippen LogP contribution < -0.4 is 5.32 Å². The number of hydrogen-bond acceptors (Lipinski definition) is 4. The first-order valence-electron chi connectivity index (χ1n) is 10.0. The quantitative estimate of drug-likeness (QED) is 0.864. The van der Waals surface area contributed by atoms with Crippen molar-refractivity contribution < 1.29 is 0 Å². The third kappa shape index (κ3) is 3.83. The van der Waals surface area contributed by atoms with E-state index in [2.05, 4.69) is 28.1 Å². The van der Waals surface area contributed by atoms with Crippen molar-refractivity contribution in [2.45, 2.75) is 32.6 Å². The minimum absolute atomic E-state index is 0.764. The number of pyridine rings is 1. The molecule has 0 saturated carbocycles. The summed E-state index contributed by atoms with van der Waals surface area (Å²) in [6.07, 6.45) is 4.73. The van der Waals surface area contributed by atoms with Gasteiger partial charge in [-0.05, 0) is 56.0 Å². The van der Waals surface area contributed by atoms with Crippen molar-refractivity contribution in [1.82, 2.24) is 14.8 Å². The summed E-state index contributed by atoms with van der Waals surface area (Å²) in [7, 11) is 0. The van der Waals surface area contributed by atoms with Crippen LogP contribution >= 0.6 is 11.6 Å². The molecule has 4 rings (SSSR count). The number of benzene rings is 1. The van der Waals surface area contributed by atoms with E-state index in [0.717, 1.165) is 36.5 Å². The minimum atomic E-state index is 0.764. The number of aryl methyl sites for hydroxylation is 1. The van der Waals surface area contributed by atoms with Crippen molar-refractivity contribution in [3.8, 4) is 0 Å². The Morgan fingerprint density at radius 2 is 1.85 bits per heavy atom. The molecular formula is C21H29ClN4. The van der Waals surface area contributed by atoms with Crippen LogP contribution in [0.2, 0.25) is 5.02 Å². The molecule has 0 spiro atoms. The average Bonchev–Trinajstić information content (AvgIpc) is 2.67. The summed E-state index contributed by atoms with van der Waals surface area (Å²) < 4.78 is 0. The number of likely N-dealkylation sites (N-methyl/N-ethyl adjacent to an activating group) is 1. The lowest BCUT2D eigenvalue weighted by Crippen LogP contribution is -2.47. The van der Waals surface area contributed by atoms with Crippen LogP contribution in [0.25, 0.3) is 10.9 Å². The standard InChI is InChI=1S/C21H29ClN4/c1-2-25-11-13-26(14-12-25)10-9-23-21-17-5-3-4-6-19(17)24-20-15-16(22)7-8-18(20)21/h7-8,15H,2-6,9-14H2,1H3,(H,23,24). The second kappa shape index (κ2) is 8.12. The number of fused-ring (bicyclic) bond motifs is 2. The SMILES string of the molecule is CCN1CCN(CCNc2c3c(nc4cc(Cl)ccc24)CCCC3)CC1. The normalized spacial score (nSPS) is 18.8. The van der Waals surface area contributed by atoms with Crippen LogP contribution in [0, 0.1) is 0 Å². The molecule has 2 heterocycles. The third-order valence-corrected chi connectivity index (χ3v) is 6.10. The monoisotopic (exact) mass is 372 g/mol. The third-order valence-electron chi connectivity index (χ3n) is 5.87. The maximum Gasteiger partial charge on any atom is 0.0741 e. The first-order valence-corrected chi connectivity index (χ1v) is 10.4. The number of rotatable bonds is 5. The fraction of sp³-hybridized carbons (Fsp3) is 0.571. The molecule has 26 heavy (non-hydrogen) atoms. The summed E-state index contributed by atoms with van der Waals surface area (Å²) >= 11 is 6.21. The number of halogens is 1. The predicted molar refractivity (Wildman–Crippen MR) is 110 cm³/mol. The molecular weight excluding hydrogens is 344 g/mol. The van der Waals surface area contributed by atoms with Gasteiger partial charge >= 0.3 is 0 Å². The lowest BCUT2D eigenvalue weighted by Gasteiger charge is -2.34. The molecule has 0 atom stereocenters. The molecule has 1 aromatic heterocycles. The molecule has 1 aliphatic carbocycles. The highest BCUT2D eigenvalue weighted by Gasteiger charge is 2.19. The van der Waals surface area contributed by atoms with Crippen LogP contribution in [0.4, 0.5) is 5.69 Å². The molecule has 1 aromatic carbocycles. The zero-order valence-corrected chi connectivity index (χ0v) is 16.5. The number of nitrogens with zero attached hydrogens (tertiary/aromatic N) is 3. The summed E-state index contributed by atoms with van der Waals surface area (Å²) in [6.45, 7) is 10.3. The van der Waals surface area contributed by atoms with Gasteiger partial charge in [-0.3, -0.25) is 9.88 Å². The first-order chi connectivity index (χ1) is 12.7. The highest BCUT2D eigenvalue weighted by molar-refractivity contribution is 6.31. The number of piperazine rings is 1. The Hall–Kier alpha value is -1.36. The van der Waals surface area contributed by atoms with Crippen molar-refractivity contribution >= 4 is 28.2 Å². The molecule has 5 heteroatoms. The van der Waals surface area contributed by atoms with E-state index in [4.69, 9.17) is 16.6 Å². The number of anilines is 1. The topological polar surface area (TPSA) is 31.4 Å². The highest BCUT2D eigenvalue weighted by Crippen LogP contribution is 2.34. The molecule has 4 nitrogen and oxygen atoms in total. The van der Waals surface area contributed by atoms with Gasteiger partial charge in [0.15, 0.2) is 0 Å². The van der Waals surface area contributed by atoms with Crippen LogP contribution in [-0.2, 0) is 12.8 Å². The minimum Gasteiger partial charge on any atom is -0.383 e. The van der Waals surface area contributed by atoms with E-state index in [1.807, 2.05) is 12.1 Å². The van der Waals surface area contributed by atoms with Crippen molar-refractivity contribution in [1.29, 1.82) is 0 Å². The average molecular weight is 373 g/mol. The molecule has 2 aromatic rings. The summed E-state index contributed by atoms with van der Waals surface area (Å²) in [4.78, 5) is 10.0. The number of nitrogens with one attached hydrogen (secondary N) is 1. The number of hydrogen-bond donors (Lipinski definition) is 1. The second-order valence-corrected chi connectivity index (χ2v) is 7.92. The van der Waals surface area contributed by atoms with Gasteiger partial charge in [0.1, 0.15) is 0 Å². The summed E-state index contributed by atoms with van der Waals surface area (Å²) in [5, 5.41) is 5.75. The Bertz CT molecular complexity index is 768. The smallest absolute Gasteiger partial charge is 0.0741 e. The molecule has 0 unspecified atom stereocenters. The fourth-order valence-electron chi connectivity index (χ4n) is 4.27. The summed E-state index contributed by atoms with van der Waals surface area (Å²) in [6, 6.07) is 6.11. The van der Waals surface area contributed by atoms with Gasteiger partial charge in [-0.2, -0.15) is 0 Å². The van der Waals surface area contributed by atoms with Gasteiger partial charge < -0.3 is 10.2 Å². The van der Waals surface area contributed by atoms with Crippen LogP contribution in [-0.4, -0.2) is 60.6 Å². The Morgan fingerprint density at radius 1 is 1.08 bits per heavy atom. The zero-order valence-electron chi connectivity index (χ0n) is 15.7. The van der Waals surface area contributed by atoms with E-state index in [1.165, 1.54) is 67.9 Å². The second-order valence-electron chi connectivity index (χ2n) is 7.48. The molecule has 0 bridgehead atoms. The van der Waals surface area contributed by atoms with Gasteiger partial charge in [0, 0.05) is 61.1 Å². The highest BCUT2D eigenvalue weighted by atomic mass is 35.5. The molecule has 1 aliphatic heterocycles. The predicted octanol–water partition coefficient (Wildman–Crippen LogP) is 3.82. The van der Waals surface area contributed by atoms with Crippen molar-refractivity contribution in [2.75, 3.05) is 51.1 Å². The van der Waals surface area contributed by atoms with E-state index in [9.17, 15) is 0 Å². The molecule has 1 fully saturated rings. The van der Waals surface area contributed by atoms with Gasteiger partial charge in [0.05, 0.1) is 5.52 Å². The van der Waals surface area contributed by atoms with Crippen LogP contribution in [0.1, 0.15) is 31.0 Å². The fourth-order valence-corrected chi connectivity index (χ4v) is 4.44. The van der Waals surface area contributed by atoms with Crippen molar-refractivity contribution in [3.63, 3.8) is 0 Å². The van der Waals surface area contributed by atoms with E-state index < -0.39 is 0 Å². The first kappa shape index (κ1) is 18.0. The van der Waals surface area contributed by atoms with Crippen molar-refractivity contribution in [2.24, 2.45) is 0 Å². The van der Waals surface area contributed by atoms with Gasteiger partial charge in [-0.25, -0.2) is 0 Å². The lowest BCUT2D eigenvalue weighted by molar-refractivity contribution is 0.141. The van der Waals surface area contributed by atoms with Crippen molar-refractivity contribution in [3.05, 3.63) is 34.5 Å². The Kier molecular flexibility index (Phi) is 5.63. The van der Waals surface area contributed by atoms with Gasteiger partial charge in [-0.1, -0.05) is 18.5 Å². The summed E-state index contributed by atoms with van der Waals surface area (Å²) in [5.74, 6) is 0. The van der Waals surface area contributed by atoms with Crippen LogP contribution in [0.5, 0.6) is 0 Å². The van der Waals surface area contributed by atoms with Crippen LogP contribution in [0.15, 0.2) is 18.2 Å². The van der Waals surface area contributed by atoms with Gasteiger partial charge in [0.2, 0.25) is 0 Å². The Morgan fingerprint density at radius 3 is 2.65 bits per heavy atom. The van der Waals surface area contributed by atoms with E-state index in [-0.39, 0.29) is 0 Å².